The molecule has 2 rings (SSSR count). The molecule has 1 fully saturated rings. The molecule has 0 bridgehead atoms. The second-order valence-corrected chi connectivity index (χ2v) is 5.94. The Bertz CT molecular complexity index is 378. The highest BCUT2D eigenvalue weighted by atomic mass is 79.9. The van der Waals surface area contributed by atoms with Crippen LogP contribution in [-0.4, -0.2) is 25.0 Å². The maximum Gasteiger partial charge on any atom is 0.0245 e. The van der Waals surface area contributed by atoms with Crippen molar-refractivity contribution in [1.82, 2.24) is 10.2 Å². The first-order chi connectivity index (χ1) is 8.19. The highest BCUT2D eigenvalue weighted by molar-refractivity contribution is 9.10. The lowest BCUT2D eigenvalue weighted by molar-refractivity contribution is 0.320. The summed E-state index contributed by atoms with van der Waals surface area (Å²) in [7, 11) is 1.98. The van der Waals surface area contributed by atoms with Gasteiger partial charge in [0.15, 0.2) is 0 Å². The van der Waals surface area contributed by atoms with Gasteiger partial charge in [-0.25, -0.2) is 0 Å². The van der Waals surface area contributed by atoms with Gasteiger partial charge in [0.2, 0.25) is 0 Å². The largest absolute Gasteiger partial charge is 0.316 e. The Morgan fingerprint density at radius 2 is 2.29 bits per heavy atom. The van der Waals surface area contributed by atoms with Gasteiger partial charge in [0, 0.05) is 24.1 Å². The predicted molar refractivity (Wildman–Crippen MR) is 76.0 cm³/mol. The van der Waals surface area contributed by atoms with Gasteiger partial charge in [0.1, 0.15) is 0 Å². The number of nitrogens with one attached hydrogen (secondary N) is 1. The van der Waals surface area contributed by atoms with Crippen LogP contribution in [-0.2, 0) is 13.1 Å². The lowest BCUT2D eigenvalue weighted by Gasteiger charge is -2.16. The van der Waals surface area contributed by atoms with E-state index in [1.165, 1.54) is 35.1 Å². The first-order valence-electron chi connectivity index (χ1n) is 6.33. The number of likely N-dealkylation sites (tertiary alicyclic amines) is 1. The molecule has 2 nitrogen and oxygen atoms in total. The van der Waals surface area contributed by atoms with E-state index in [-0.39, 0.29) is 0 Å². The van der Waals surface area contributed by atoms with Crippen LogP contribution in [0.25, 0.3) is 0 Å². The standard InChI is InChI=1S/C14H21BrN2/c1-11-5-6-17(9-11)10-13-4-3-12(8-16-2)7-14(13)15/h3-4,7,11,16H,5-6,8-10H2,1-2H3. The van der Waals surface area contributed by atoms with Gasteiger partial charge in [-0.2, -0.15) is 0 Å². The maximum absolute atomic E-state index is 3.69. The highest BCUT2D eigenvalue weighted by Gasteiger charge is 2.19. The second kappa shape index (κ2) is 5.98. The normalized spacial score (nSPS) is 21.0. The Hall–Kier alpha value is -0.380. The van der Waals surface area contributed by atoms with Crippen molar-refractivity contribution in [3.63, 3.8) is 0 Å². The third kappa shape index (κ3) is 3.54. The molecule has 0 radical (unpaired) electrons. The molecule has 1 atom stereocenters. The summed E-state index contributed by atoms with van der Waals surface area (Å²) in [5.74, 6) is 0.859. The molecule has 0 aliphatic carbocycles. The summed E-state index contributed by atoms with van der Waals surface area (Å²) in [5.41, 5.74) is 2.73. The molecule has 0 aromatic heterocycles. The smallest absolute Gasteiger partial charge is 0.0245 e. The summed E-state index contributed by atoms with van der Waals surface area (Å²) in [6.45, 7) is 6.83. The average molecular weight is 297 g/mol. The molecule has 0 spiro atoms. The van der Waals surface area contributed by atoms with Crippen molar-refractivity contribution >= 4 is 15.9 Å². The topological polar surface area (TPSA) is 15.3 Å². The van der Waals surface area contributed by atoms with Crippen molar-refractivity contribution in [2.24, 2.45) is 5.92 Å². The Morgan fingerprint density at radius 1 is 1.47 bits per heavy atom. The fourth-order valence-corrected chi connectivity index (χ4v) is 3.00. The first-order valence-corrected chi connectivity index (χ1v) is 7.12. The van der Waals surface area contributed by atoms with Crippen LogP contribution < -0.4 is 5.32 Å². The van der Waals surface area contributed by atoms with E-state index in [2.05, 4.69) is 51.3 Å². The lowest BCUT2D eigenvalue weighted by atomic mass is 10.1. The number of hydrogen-bond acceptors (Lipinski definition) is 2. The molecule has 1 aliphatic heterocycles. The molecule has 0 amide bonds. The molecule has 1 saturated heterocycles. The number of rotatable bonds is 4. The Labute approximate surface area is 113 Å². The van der Waals surface area contributed by atoms with E-state index in [1.807, 2.05) is 7.05 Å². The molecule has 1 heterocycles. The summed E-state index contributed by atoms with van der Waals surface area (Å²) in [5, 5.41) is 3.18. The molecule has 3 heteroatoms. The van der Waals surface area contributed by atoms with Crippen LogP contribution in [0.4, 0.5) is 0 Å². The fraction of sp³-hybridized carbons (Fsp3) is 0.571. The van der Waals surface area contributed by atoms with E-state index in [0.717, 1.165) is 19.0 Å². The SMILES string of the molecule is CNCc1ccc(CN2CCC(C)C2)c(Br)c1. The lowest BCUT2D eigenvalue weighted by Crippen LogP contribution is -2.20. The van der Waals surface area contributed by atoms with E-state index in [1.54, 1.807) is 0 Å². The Kier molecular flexibility index (Phi) is 4.60. The fourth-order valence-electron chi connectivity index (χ4n) is 2.44. The monoisotopic (exact) mass is 296 g/mol. The minimum atomic E-state index is 0.859. The minimum absolute atomic E-state index is 0.859. The van der Waals surface area contributed by atoms with E-state index in [4.69, 9.17) is 0 Å². The molecule has 1 N–H and O–H groups in total. The van der Waals surface area contributed by atoms with Crippen molar-refractivity contribution < 1.29 is 0 Å². The van der Waals surface area contributed by atoms with Crippen molar-refractivity contribution in [2.75, 3.05) is 20.1 Å². The number of halogens is 1. The van der Waals surface area contributed by atoms with Crippen molar-refractivity contribution in [3.8, 4) is 0 Å². The zero-order valence-electron chi connectivity index (χ0n) is 10.7. The number of hydrogen-bond donors (Lipinski definition) is 1. The van der Waals surface area contributed by atoms with Gasteiger partial charge in [0.05, 0.1) is 0 Å². The van der Waals surface area contributed by atoms with E-state index < -0.39 is 0 Å². The molecule has 0 saturated carbocycles. The van der Waals surface area contributed by atoms with Crippen LogP contribution in [0.5, 0.6) is 0 Å². The zero-order valence-corrected chi connectivity index (χ0v) is 12.3. The van der Waals surface area contributed by atoms with Gasteiger partial charge in [-0.15, -0.1) is 0 Å². The number of benzene rings is 1. The Morgan fingerprint density at radius 3 is 2.88 bits per heavy atom. The first kappa shape index (κ1) is 13.1. The van der Waals surface area contributed by atoms with Gasteiger partial charge in [0.25, 0.3) is 0 Å². The third-order valence-electron chi connectivity index (χ3n) is 3.40. The van der Waals surface area contributed by atoms with E-state index >= 15 is 0 Å². The summed E-state index contributed by atoms with van der Waals surface area (Å²) in [6.07, 6.45) is 1.34. The Balaban J connectivity index is 2.01. The van der Waals surface area contributed by atoms with Crippen LogP contribution in [0.15, 0.2) is 22.7 Å². The molecule has 94 valence electrons. The van der Waals surface area contributed by atoms with Crippen LogP contribution in [0.1, 0.15) is 24.5 Å². The van der Waals surface area contributed by atoms with Gasteiger partial charge < -0.3 is 5.32 Å². The molecule has 17 heavy (non-hydrogen) atoms. The van der Waals surface area contributed by atoms with Gasteiger partial charge in [-0.1, -0.05) is 35.0 Å². The maximum atomic E-state index is 3.69. The zero-order chi connectivity index (χ0) is 12.3. The quantitative estimate of drug-likeness (QED) is 0.919. The summed E-state index contributed by atoms with van der Waals surface area (Å²) >= 11 is 3.69. The van der Waals surface area contributed by atoms with Gasteiger partial charge >= 0.3 is 0 Å². The second-order valence-electron chi connectivity index (χ2n) is 5.09. The van der Waals surface area contributed by atoms with Crippen LogP contribution in [0.3, 0.4) is 0 Å². The average Bonchev–Trinajstić information content (AvgIpc) is 2.69. The van der Waals surface area contributed by atoms with Crippen molar-refractivity contribution in [1.29, 1.82) is 0 Å². The van der Waals surface area contributed by atoms with E-state index in [9.17, 15) is 0 Å². The van der Waals surface area contributed by atoms with Crippen LogP contribution >= 0.6 is 15.9 Å². The van der Waals surface area contributed by atoms with Crippen molar-refractivity contribution in [3.05, 3.63) is 33.8 Å². The predicted octanol–water partition coefficient (Wildman–Crippen LogP) is 3.01. The summed E-state index contributed by atoms with van der Waals surface area (Å²) in [6, 6.07) is 6.70. The molecule has 1 unspecified atom stereocenters. The molecule has 1 aromatic carbocycles. The highest BCUT2D eigenvalue weighted by Crippen LogP contribution is 2.23. The van der Waals surface area contributed by atoms with Crippen molar-refractivity contribution in [2.45, 2.75) is 26.4 Å². The van der Waals surface area contributed by atoms with Gasteiger partial charge in [-0.3, -0.25) is 4.90 Å². The molecular weight excluding hydrogens is 276 g/mol. The van der Waals surface area contributed by atoms with E-state index in [0.29, 0.717) is 0 Å². The summed E-state index contributed by atoms with van der Waals surface area (Å²) < 4.78 is 1.24. The van der Waals surface area contributed by atoms with Crippen LogP contribution in [0, 0.1) is 5.92 Å². The molecular formula is C14H21BrN2. The third-order valence-corrected chi connectivity index (χ3v) is 4.14. The van der Waals surface area contributed by atoms with Crippen LogP contribution in [0.2, 0.25) is 0 Å². The molecule has 1 aromatic rings. The number of nitrogens with zero attached hydrogens (tertiary/aromatic N) is 1. The minimum Gasteiger partial charge on any atom is -0.316 e. The molecule has 1 aliphatic rings. The summed E-state index contributed by atoms with van der Waals surface area (Å²) in [4.78, 5) is 2.54. The van der Waals surface area contributed by atoms with Gasteiger partial charge in [-0.05, 0) is 43.1 Å².